The number of likely N-dealkylation sites (tertiary alicyclic amines) is 1. The van der Waals surface area contributed by atoms with E-state index in [2.05, 4.69) is 31.7 Å². The molecule has 0 unspecified atom stereocenters. The summed E-state index contributed by atoms with van der Waals surface area (Å²) in [5.41, 5.74) is 0.574. The molecule has 1 aliphatic rings. The SMILES string of the molecule is CCCS(=O)(=O)Nc1ccc(F)c(C(=O)c2c[nH]c3ncc(-c4cnn(C5CCN(C)CC5)c4)cc23)c1F. The number of carbonyl (C=O) groups excluding carboxylic acids is 1. The van der Waals surface area contributed by atoms with Crippen LogP contribution in [0.4, 0.5) is 14.5 Å². The van der Waals surface area contributed by atoms with Crippen LogP contribution in [0.2, 0.25) is 0 Å². The molecule has 38 heavy (non-hydrogen) atoms. The lowest BCUT2D eigenvalue weighted by Crippen LogP contribution is -2.31. The summed E-state index contributed by atoms with van der Waals surface area (Å²) in [6.07, 6.45) is 8.97. The molecule has 1 fully saturated rings. The maximum Gasteiger partial charge on any atom is 0.232 e. The van der Waals surface area contributed by atoms with Crippen molar-refractivity contribution in [2.75, 3.05) is 30.6 Å². The molecule has 3 aromatic heterocycles. The molecule has 0 atom stereocenters. The first kappa shape index (κ1) is 26.0. The van der Waals surface area contributed by atoms with Crippen molar-refractivity contribution in [3.05, 3.63) is 65.7 Å². The van der Waals surface area contributed by atoms with Gasteiger partial charge in [-0.05, 0) is 57.6 Å². The summed E-state index contributed by atoms with van der Waals surface area (Å²) in [6.45, 7) is 3.65. The van der Waals surface area contributed by atoms with Crippen LogP contribution in [0.15, 0.2) is 43.0 Å². The Hall–Kier alpha value is -3.64. The molecule has 2 N–H and O–H groups in total. The summed E-state index contributed by atoms with van der Waals surface area (Å²) in [5.74, 6) is -3.53. The number of ketones is 1. The largest absolute Gasteiger partial charge is 0.345 e. The maximum absolute atomic E-state index is 15.3. The Balaban J connectivity index is 1.48. The summed E-state index contributed by atoms with van der Waals surface area (Å²) >= 11 is 0. The predicted octanol–water partition coefficient (Wildman–Crippen LogP) is 4.35. The number of benzene rings is 1. The normalized spacial score (nSPS) is 15.3. The number of sulfonamides is 1. The average molecular weight is 543 g/mol. The van der Waals surface area contributed by atoms with E-state index >= 15 is 4.39 Å². The van der Waals surface area contributed by atoms with Crippen LogP contribution in [0.3, 0.4) is 0 Å². The fourth-order valence-corrected chi connectivity index (χ4v) is 5.89. The number of aromatic amines is 1. The van der Waals surface area contributed by atoms with E-state index in [0.717, 1.165) is 43.6 Å². The third-order valence-corrected chi connectivity index (χ3v) is 8.31. The number of hydrogen-bond acceptors (Lipinski definition) is 6. The number of H-pyrrole nitrogens is 1. The van der Waals surface area contributed by atoms with E-state index in [-0.39, 0.29) is 11.3 Å². The van der Waals surface area contributed by atoms with Gasteiger partial charge in [0.05, 0.1) is 29.2 Å². The monoisotopic (exact) mass is 542 g/mol. The molecule has 0 spiro atoms. The number of hydrogen-bond donors (Lipinski definition) is 2. The quantitative estimate of drug-likeness (QED) is 0.320. The van der Waals surface area contributed by atoms with Gasteiger partial charge in [0.15, 0.2) is 5.82 Å². The minimum Gasteiger partial charge on any atom is -0.345 e. The number of pyridine rings is 1. The Kier molecular flexibility index (Phi) is 7.01. The van der Waals surface area contributed by atoms with Crippen LogP contribution in [-0.4, -0.2) is 64.7 Å². The van der Waals surface area contributed by atoms with Gasteiger partial charge < -0.3 is 9.88 Å². The Morgan fingerprint density at radius 1 is 1.18 bits per heavy atom. The fourth-order valence-electron chi connectivity index (χ4n) is 4.76. The van der Waals surface area contributed by atoms with E-state index in [4.69, 9.17) is 0 Å². The molecule has 5 rings (SSSR count). The topological polar surface area (TPSA) is 113 Å². The molecule has 0 amide bonds. The van der Waals surface area contributed by atoms with Crippen LogP contribution >= 0.6 is 0 Å². The molecule has 1 aromatic carbocycles. The number of nitrogens with zero attached hydrogens (tertiary/aromatic N) is 4. The Labute approximate surface area is 218 Å². The van der Waals surface area contributed by atoms with Crippen molar-refractivity contribution in [1.29, 1.82) is 0 Å². The van der Waals surface area contributed by atoms with Gasteiger partial charge >= 0.3 is 0 Å². The zero-order valence-electron chi connectivity index (χ0n) is 21.0. The fraction of sp³-hybridized carbons (Fsp3) is 0.346. The summed E-state index contributed by atoms with van der Waals surface area (Å²) in [5, 5.41) is 4.91. The minimum atomic E-state index is -3.85. The Morgan fingerprint density at radius 2 is 1.95 bits per heavy atom. The van der Waals surface area contributed by atoms with Crippen LogP contribution in [0, 0.1) is 11.6 Å². The predicted molar refractivity (Wildman–Crippen MR) is 141 cm³/mol. The van der Waals surface area contributed by atoms with E-state index in [9.17, 15) is 17.6 Å². The van der Waals surface area contributed by atoms with E-state index in [0.29, 0.717) is 29.1 Å². The molecule has 9 nitrogen and oxygen atoms in total. The number of anilines is 1. The van der Waals surface area contributed by atoms with Gasteiger partial charge in [-0.2, -0.15) is 5.10 Å². The van der Waals surface area contributed by atoms with E-state index in [1.165, 1.54) is 6.20 Å². The van der Waals surface area contributed by atoms with Crippen LogP contribution in [-0.2, 0) is 10.0 Å². The number of aromatic nitrogens is 4. The average Bonchev–Trinajstić information content (AvgIpc) is 3.53. The summed E-state index contributed by atoms with van der Waals surface area (Å²) < 4.78 is 58.3. The highest BCUT2D eigenvalue weighted by Gasteiger charge is 2.26. The molecule has 1 aliphatic heterocycles. The minimum absolute atomic E-state index is 0.0171. The smallest absolute Gasteiger partial charge is 0.232 e. The van der Waals surface area contributed by atoms with Gasteiger partial charge in [0.25, 0.3) is 0 Å². The molecule has 0 aliphatic carbocycles. The molecule has 4 aromatic rings. The first-order valence-corrected chi connectivity index (χ1v) is 14.1. The van der Waals surface area contributed by atoms with Crippen LogP contribution in [0.5, 0.6) is 0 Å². The van der Waals surface area contributed by atoms with Crippen molar-refractivity contribution in [3.8, 4) is 11.1 Å². The number of carbonyl (C=O) groups is 1. The second kappa shape index (κ2) is 10.3. The molecular formula is C26H28F2N6O3S. The van der Waals surface area contributed by atoms with Crippen molar-refractivity contribution in [1.82, 2.24) is 24.6 Å². The number of halogens is 2. The van der Waals surface area contributed by atoms with E-state index in [1.54, 1.807) is 25.4 Å². The van der Waals surface area contributed by atoms with Crippen molar-refractivity contribution < 1.29 is 22.0 Å². The van der Waals surface area contributed by atoms with Gasteiger partial charge in [0, 0.05) is 40.7 Å². The van der Waals surface area contributed by atoms with Crippen molar-refractivity contribution in [3.63, 3.8) is 0 Å². The molecule has 0 radical (unpaired) electrons. The summed E-state index contributed by atoms with van der Waals surface area (Å²) in [6, 6.07) is 3.86. The highest BCUT2D eigenvalue weighted by atomic mass is 32.2. The van der Waals surface area contributed by atoms with Crippen LogP contribution in [0.25, 0.3) is 22.2 Å². The zero-order valence-corrected chi connectivity index (χ0v) is 21.9. The molecule has 4 heterocycles. The van der Waals surface area contributed by atoms with Crippen LogP contribution in [0.1, 0.15) is 48.1 Å². The lowest BCUT2D eigenvalue weighted by atomic mass is 10.0. The molecule has 200 valence electrons. The molecule has 12 heteroatoms. The number of rotatable bonds is 8. The highest BCUT2D eigenvalue weighted by Crippen LogP contribution is 2.30. The maximum atomic E-state index is 15.3. The molecule has 0 bridgehead atoms. The second-order valence-electron chi connectivity index (χ2n) is 9.60. The van der Waals surface area contributed by atoms with Gasteiger partial charge in [-0.3, -0.25) is 14.2 Å². The van der Waals surface area contributed by atoms with Crippen molar-refractivity contribution in [2.45, 2.75) is 32.2 Å². The Bertz CT molecular complexity index is 1610. The van der Waals surface area contributed by atoms with E-state index < -0.39 is 38.7 Å². The van der Waals surface area contributed by atoms with Gasteiger partial charge in [-0.15, -0.1) is 0 Å². The number of nitrogens with one attached hydrogen (secondary N) is 2. The lowest BCUT2D eigenvalue weighted by molar-refractivity contribution is 0.103. The Morgan fingerprint density at radius 3 is 2.68 bits per heavy atom. The van der Waals surface area contributed by atoms with Gasteiger partial charge in [-0.1, -0.05) is 6.92 Å². The van der Waals surface area contributed by atoms with Crippen LogP contribution < -0.4 is 4.72 Å². The van der Waals surface area contributed by atoms with E-state index in [1.807, 2.05) is 10.9 Å². The van der Waals surface area contributed by atoms with Crippen molar-refractivity contribution in [2.24, 2.45) is 0 Å². The molecule has 1 saturated heterocycles. The second-order valence-corrected chi connectivity index (χ2v) is 11.4. The molecule has 0 saturated carbocycles. The molecular weight excluding hydrogens is 514 g/mol. The third-order valence-electron chi connectivity index (χ3n) is 6.83. The summed E-state index contributed by atoms with van der Waals surface area (Å²) in [4.78, 5) is 22.9. The van der Waals surface area contributed by atoms with Gasteiger partial charge in [0.2, 0.25) is 15.8 Å². The first-order valence-electron chi connectivity index (χ1n) is 12.4. The summed E-state index contributed by atoms with van der Waals surface area (Å²) in [7, 11) is -1.75. The highest BCUT2D eigenvalue weighted by molar-refractivity contribution is 7.92. The zero-order chi connectivity index (χ0) is 27.0. The first-order chi connectivity index (χ1) is 18.2. The third kappa shape index (κ3) is 5.05. The number of piperidine rings is 1. The number of fused-ring (bicyclic) bond motifs is 1. The van der Waals surface area contributed by atoms with Crippen molar-refractivity contribution >= 4 is 32.5 Å². The van der Waals surface area contributed by atoms with Gasteiger partial charge in [-0.25, -0.2) is 22.2 Å². The van der Waals surface area contributed by atoms with Gasteiger partial charge in [0.1, 0.15) is 11.5 Å². The standard InChI is InChI=1S/C26H28F2N6O3S/c1-3-10-38(36,37)32-22-5-4-21(27)23(24(22)28)25(35)20-14-30-26-19(20)11-16(12-29-26)17-13-31-34(15-17)18-6-8-33(2)9-7-18/h4-5,11-15,18,32H,3,6-10H2,1-2H3,(H,29,30). The lowest BCUT2D eigenvalue weighted by Gasteiger charge is -2.28.